The van der Waals surface area contributed by atoms with Crippen LogP contribution < -0.4 is 15.4 Å². The van der Waals surface area contributed by atoms with E-state index in [2.05, 4.69) is 46.8 Å². The molecular formula is C29H33N5O2S. The van der Waals surface area contributed by atoms with Crippen molar-refractivity contribution < 1.29 is 9.53 Å². The highest BCUT2D eigenvalue weighted by Crippen LogP contribution is 2.23. The summed E-state index contributed by atoms with van der Waals surface area (Å²) >= 11 is 5.41. The number of rotatable bonds is 9. The van der Waals surface area contributed by atoms with Gasteiger partial charge in [0.15, 0.2) is 5.11 Å². The van der Waals surface area contributed by atoms with Crippen LogP contribution in [0.2, 0.25) is 0 Å². The first-order valence-electron chi connectivity index (χ1n) is 12.7. The molecular weight excluding hydrogens is 482 g/mol. The van der Waals surface area contributed by atoms with Gasteiger partial charge in [0.1, 0.15) is 16.8 Å². The van der Waals surface area contributed by atoms with Crippen LogP contribution in [0.25, 0.3) is 16.7 Å². The SMILES string of the molecule is CCCCc1ccc(-n2nc3cc(C)c(NC(=S)NC(=O)c4ccc(OC(C)CC)cc4)cc3n2)cc1. The molecule has 1 amide bonds. The van der Waals surface area contributed by atoms with Crippen molar-refractivity contribution in [2.24, 2.45) is 0 Å². The van der Waals surface area contributed by atoms with Crippen molar-refractivity contribution in [1.82, 2.24) is 20.3 Å². The molecule has 0 saturated heterocycles. The minimum atomic E-state index is -0.292. The van der Waals surface area contributed by atoms with Gasteiger partial charge in [0.25, 0.3) is 5.91 Å². The van der Waals surface area contributed by atoms with Gasteiger partial charge in [0.2, 0.25) is 0 Å². The van der Waals surface area contributed by atoms with Gasteiger partial charge in [-0.2, -0.15) is 4.80 Å². The number of hydrogen-bond donors (Lipinski definition) is 2. The molecule has 3 aromatic carbocycles. The lowest BCUT2D eigenvalue weighted by Gasteiger charge is -2.13. The fraction of sp³-hybridized carbons (Fsp3) is 0.310. The third kappa shape index (κ3) is 6.71. The van der Waals surface area contributed by atoms with Gasteiger partial charge in [-0.1, -0.05) is 32.4 Å². The second kappa shape index (κ2) is 12.0. The van der Waals surface area contributed by atoms with E-state index in [0.717, 1.165) is 46.6 Å². The standard InChI is InChI=1S/C29H33N5O2S/c1-5-7-8-21-9-13-23(14-10-21)34-32-26-17-19(3)25(18-27(26)33-34)30-29(37)31-28(35)22-11-15-24(16-12-22)36-20(4)6-2/h9-18,20H,5-8H2,1-4H3,(H2,30,31,35,37). The quantitative estimate of drug-likeness (QED) is 0.252. The number of nitrogens with zero attached hydrogens (tertiary/aromatic N) is 3. The summed E-state index contributed by atoms with van der Waals surface area (Å²) in [6, 6.07) is 19.2. The number of carbonyl (C=O) groups is 1. The van der Waals surface area contributed by atoms with Crippen molar-refractivity contribution in [1.29, 1.82) is 0 Å². The Bertz CT molecular complexity index is 1380. The summed E-state index contributed by atoms with van der Waals surface area (Å²) in [5.74, 6) is 0.440. The number of aryl methyl sites for hydroxylation is 2. The van der Waals surface area contributed by atoms with E-state index in [1.807, 2.05) is 38.1 Å². The number of carbonyl (C=O) groups excluding carboxylic acids is 1. The number of aromatic nitrogens is 3. The first kappa shape index (κ1) is 26.3. The van der Waals surface area contributed by atoms with Crippen LogP contribution in [-0.2, 0) is 6.42 Å². The summed E-state index contributed by atoms with van der Waals surface area (Å²) in [5.41, 5.74) is 5.94. The molecule has 0 saturated carbocycles. The number of thiocarbonyl (C=S) groups is 1. The second-order valence-electron chi connectivity index (χ2n) is 9.18. The van der Waals surface area contributed by atoms with Gasteiger partial charge in [-0.05, 0) is 105 Å². The van der Waals surface area contributed by atoms with Crippen molar-refractivity contribution in [2.45, 2.75) is 59.5 Å². The van der Waals surface area contributed by atoms with Crippen LogP contribution in [-0.4, -0.2) is 32.1 Å². The number of ether oxygens (including phenoxy) is 1. The molecule has 0 aliphatic rings. The Morgan fingerprint density at radius 2 is 1.70 bits per heavy atom. The van der Waals surface area contributed by atoms with Crippen LogP contribution in [0.1, 0.15) is 61.5 Å². The zero-order valence-corrected chi connectivity index (χ0v) is 22.6. The van der Waals surface area contributed by atoms with Gasteiger partial charge < -0.3 is 10.1 Å². The third-order valence-corrected chi connectivity index (χ3v) is 6.42. The largest absolute Gasteiger partial charge is 0.491 e. The maximum absolute atomic E-state index is 12.7. The number of hydrogen-bond acceptors (Lipinski definition) is 5. The molecule has 2 N–H and O–H groups in total. The summed E-state index contributed by atoms with van der Waals surface area (Å²) in [6.07, 6.45) is 4.47. The molecule has 1 heterocycles. The molecule has 1 atom stereocenters. The maximum atomic E-state index is 12.7. The van der Waals surface area contributed by atoms with Crippen LogP contribution in [0.3, 0.4) is 0 Å². The smallest absolute Gasteiger partial charge is 0.257 e. The van der Waals surface area contributed by atoms with Crippen LogP contribution in [0, 0.1) is 6.92 Å². The van der Waals surface area contributed by atoms with Gasteiger partial charge in [-0.25, -0.2) is 0 Å². The van der Waals surface area contributed by atoms with Crippen LogP contribution in [0.4, 0.5) is 5.69 Å². The van der Waals surface area contributed by atoms with Crippen molar-refractivity contribution in [2.75, 3.05) is 5.32 Å². The fourth-order valence-corrected chi connectivity index (χ4v) is 4.03. The number of fused-ring (bicyclic) bond motifs is 1. The lowest BCUT2D eigenvalue weighted by molar-refractivity contribution is 0.0977. The van der Waals surface area contributed by atoms with Crippen molar-refractivity contribution in [3.8, 4) is 11.4 Å². The average Bonchev–Trinajstić information content (AvgIpc) is 3.30. The molecule has 37 heavy (non-hydrogen) atoms. The van der Waals surface area contributed by atoms with Gasteiger partial charge in [0.05, 0.1) is 11.8 Å². The number of amides is 1. The van der Waals surface area contributed by atoms with E-state index in [1.54, 1.807) is 29.1 Å². The van der Waals surface area contributed by atoms with E-state index in [4.69, 9.17) is 17.0 Å². The number of nitrogens with one attached hydrogen (secondary N) is 2. The Balaban J connectivity index is 1.42. The Morgan fingerprint density at radius 3 is 2.35 bits per heavy atom. The lowest BCUT2D eigenvalue weighted by Crippen LogP contribution is -2.34. The molecule has 4 rings (SSSR count). The molecule has 8 heteroatoms. The molecule has 192 valence electrons. The number of benzene rings is 3. The molecule has 1 aromatic heterocycles. The fourth-order valence-electron chi connectivity index (χ4n) is 3.82. The molecule has 0 radical (unpaired) electrons. The highest BCUT2D eigenvalue weighted by Gasteiger charge is 2.12. The van der Waals surface area contributed by atoms with E-state index >= 15 is 0 Å². The van der Waals surface area contributed by atoms with Gasteiger partial charge in [0, 0.05) is 11.3 Å². The van der Waals surface area contributed by atoms with Crippen molar-refractivity contribution >= 4 is 40.0 Å². The monoisotopic (exact) mass is 515 g/mol. The summed E-state index contributed by atoms with van der Waals surface area (Å²) < 4.78 is 5.77. The molecule has 0 aliphatic carbocycles. The summed E-state index contributed by atoms with van der Waals surface area (Å²) in [5, 5.41) is 15.4. The Kier molecular flexibility index (Phi) is 8.50. The first-order valence-corrected chi connectivity index (χ1v) is 13.1. The van der Waals surface area contributed by atoms with Crippen molar-refractivity contribution in [3.63, 3.8) is 0 Å². The number of unbranched alkanes of at least 4 members (excludes halogenated alkanes) is 1. The van der Waals surface area contributed by atoms with Gasteiger partial charge in [-0.15, -0.1) is 10.2 Å². The molecule has 4 aromatic rings. The van der Waals surface area contributed by atoms with Crippen LogP contribution in [0.15, 0.2) is 60.7 Å². The molecule has 0 bridgehead atoms. The molecule has 0 spiro atoms. The number of anilines is 1. The molecule has 7 nitrogen and oxygen atoms in total. The molecule has 0 aliphatic heterocycles. The summed E-state index contributed by atoms with van der Waals surface area (Å²) in [6.45, 7) is 8.23. The zero-order chi connectivity index (χ0) is 26.4. The Hall–Kier alpha value is -3.78. The molecule has 0 fully saturated rings. The van der Waals surface area contributed by atoms with E-state index in [-0.39, 0.29) is 17.1 Å². The van der Waals surface area contributed by atoms with Gasteiger partial charge in [-0.3, -0.25) is 10.1 Å². The zero-order valence-electron chi connectivity index (χ0n) is 21.7. The topological polar surface area (TPSA) is 81.1 Å². The lowest BCUT2D eigenvalue weighted by atomic mass is 10.1. The van der Waals surface area contributed by atoms with E-state index in [9.17, 15) is 4.79 Å². The predicted octanol–water partition coefficient (Wildman–Crippen LogP) is 6.38. The summed E-state index contributed by atoms with van der Waals surface area (Å²) in [4.78, 5) is 14.3. The average molecular weight is 516 g/mol. The first-order chi connectivity index (χ1) is 17.9. The minimum Gasteiger partial charge on any atom is -0.491 e. The maximum Gasteiger partial charge on any atom is 0.257 e. The minimum absolute atomic E-state index is 0.120. The molecule has 1 unspecified atom stereocenters. The van der Waals surface area contributed by atoms with Crippen LogP contribution in [0.5, 0.6) is 5.75 Å². The van der Waals surface area contributed by atoms with Gasteiger partial charge >= 0.3 is 0 Å². The normalized spacial score (nSPS) is 11.8. The summed E-state index contributed by atoms with van der Waals surface area (Å²) in [7, 11) is 0. The highest BCUT2D eigenvalue weighted by atomic mass is 32.1. The second-order valence-corrected chi connectivity index (χ2v) is 9.59. The van der Waals surface area contributed by atoms with E-state index in [1.165, 1.54) is 18.4 Å². The Labute approximate surface area is 223 Å². The highest BCUT2D eigenvalue weighted by molar-refractivity contribution is 7.80. The third-order valence-electron chi connectivity index (χ3n) is 6.22. The predicted molar refractivity (Wildman–Crippen MR) is 153 cm³/mol. The Morgan fingerprint density at radius 1 is 1.03 bits per heavy atom. The van der Waals surface area contributed by atoms with Crippen LogP contribution >= 0.6 is 12.2 Å². The van der Waals surface area contributed by atoms with Crippen molar-refractivity contribution in [3.05, 3.63) is 77.4 Å². The van der Waals surface area contributed by atoms with E-state index in [0.29, 0.717) is 5.56 Å². The van der Waals surface area contributed by atoms with E-state index < -0.39 is 0 Å².